The van der Waals surface area contributed by atoms with E-state index in [0.717, 1.165) is 36.7 Å². The van der Waals surface area contributed by atoms with Crippen molar-refractivity contribution in [3.05, 3.63) is 53.3 Å². The van der Waals surface area contributed by atoms with Crippen LogP contribution in [-0.4, -0.2) is 22.0 Å². The van der Waals surface area contributed by atoms with E-state index < -0.39 is 5.41 Å². The molecule has 5 nitrogen and oxygen atoms in total. The maximum atomic E-state index is 12.2. The van der Waals surface area contributed by atoms with Crippen LogP contribution in [0.1, 0.15) is 26.6 Å². The van der Waals surface area contributed by atoms with Crippen LogP contribution in [0.4, 0.5) is 11.4 Å². The van der Waals surface area contributed by atoms with E-state index in [1.807, 2.05) is 51.1 Å². The standard InChI is InChI=1S/C21H23ClN4O/c1-21(2,3)20(27)24-16-9-8-14(12-15(16)22)25-10-11-26-18-7-5-4-6-17(18)23-19(26)13-25/h4-9,12H,10-11,13H2,1-3H3,(H,24,27). The number of nitrogens with zero attached hydrogens (tertiary/aromatic N) is 3. The Balaban J connectivity index is 1.56. The van der Waals surface area contributed by atoms with Gasteiger partial charge in [-0.2, -0.15) is 0 Å². The number of nitrogens with one attached hydrogen (secondary N) is 1. The van der Waals surface area contributed by atoms with Crippen molar-refractivity contribution < 1.29 is 4.79 Å². The van der Waals surface area contributed by atoms with E-state index in [1.54, 1.807) is 0 Å². The van der Waals surface area contributed by atoms with Gasteiger partial charge in [0.05, 0.1) is 28.3 Å². The molecule has 0 bridgehead atoms. The zero-order valence-electron chi connectivity index (χ0n) is 15.8. The third kappa shape index (κ3) is 3.39. The number of halogens is 1. The van der Waals surface area contributed by atoms with Crippen molar-refractivity contribution in [3.8, 4) is 0 Å². The molecule has 0 aliphatic carbocycles. The molecule has 2 heterocycles. The molecule has 0 atom stereocenters. The minimum absolute atomic E-state index is 0.0520. The number of imidazole rings is 1. The van der Waals surface area contributed by atoms with Crippen molar-refractivity contribution in [1.29, 1.82) is 0 Å². The van der Waals surface area contributed by atoms with Crippen molar-refractivity contribution in [2.75, 3.05) is 16.8 Å². The smallest absolute Gasteiger partial charge is 0.229 e. The highest BCUT2D eigenvalue weighted by Gasteiger charge is 2.23. The number of aromatic nitrogens is 2. The molecule has 0 unspecified atom stereocenters. The Hall–Kier alpha value is -2.53. The van der Waals surface area contributed by atoms with Crippen LogP contribution in [0, 0.1) is 5.41 Å². The van der Waals surface area contributed by atoms with Crippen LogP contribution >= 0.6 is 11.6 Å². The van der Waals surface area contributed by atoms with Crippen LogP contribution in [-0.2, 0) is 17.9 Å². The lowest BCUT2D eigenvalue weighted by Gasteiger charge is -2.30. The number of fused-ring (bicyclic) bond motifs is 3. The molecule has 0 fully saturated rings. The summed E-state index contributed by atoms with van der Waals surface area (Å²) < 4.78 is 2.28. The Bertz CT molecular complexity index is 1020. The van der Waals surface area contributed by atoms with Crippen LogP contribution in [0.25, 0.3) is 11.0 Å². The third-order valence-electron chi connectivity index (χ3n) is 4.91. The Kier molecular flexibility index (Phi) is 4.35. The third-order valence-corrected chi connectivity index (χ3v) is 5.22. The van der Waals surface area contributed by atoms with E-state index in [9.17, 15) is 4.79 Å². The first-order valence-electron chi connectivity index (χ1n) is 9.13. The second kappa shape index (κ2) is 6.57. The summed E-state index contributed by atoms with van der Waals surface area (Å²) in [6.07, 6.45) is 0. The zero-order valence-corrected chi connectivity index (χ0v) is 16.5. The van der Waals surface area contributed by atoms with E-state index in [0.29, 0.717) is 10.7 Å². The summed E-state index contributed by atoms with van der Waals surface area (Å²) in [4.78, 5) is 19.2. The Morgan fingerprint density at radius 3 is 2.67 bits per heavy atom. The van der Waals surface area contributed by atoms with Crippen molar-refractivity contribution >= 4 is 39.9 Å². The molecule has 4 rings (SSSR count). The summed E-state index contributed by atoms with van der Waals surface area (Å²) in [7, 11) is 0. The number of carbonyl (C=O) groups excluding carboxylic acids is 1. The van der Waals surface area contributed by atoms with Gasteiger partial charge < -0.3 is 14.8 Å². The molecule has 6 heteroatoms. The van der Waals surface area contributed by atoms with E-state index in [4.69, 9.17) is 16.6 Å². The fraction of sp³-hybridized carbons (Fsp3) is 0.333. The number of anilines is 2. The van der Waals surface area contributed by atoms with Gasteiger partial charge in [0.2, 0.25) is 5.91 Å². The molecule has 3 aromatic rings. The van der Waals surface area contributed by atoms with E-state index in [1.165, 1.54) is 5.52 Å². The van der Waals surface area contributed by atoms with Gasteiger partial charge in [-0.05, 0) is 30.3 Å². The quantitative estimate of drug-likeness (QED) is 0.699. The summed E-state index contributed by atoms with van der Waals surface area (Å²) in [6, 6.07) is 14.0. The molecule has 2 aromatic carbocycles. The van der Waals surface area contributed by atoms with E-state index >= 15 is 0 Å². The molecule has 1 aromatic heterocycles. The van der Waals surface area contributed by atoms with E-state index in [2.05, 4.69) is 26.9 Å². The largest absolute Gasteiger partial charge is 0.362 e. The van der Waals surface area contributed by atoms with Gasteiger partial charge in [-0.1, -0.05) is 44.5 Å². The number of benzene rings is 2. The van der Waals surface area contributed by atoms with Gasteiger partial charge in [-0.25, -0.2) is 4.98 Å². The molecule has 140 valence electrons. The highest BCUT2D eigenvalue weighted by molar-refractivity contribution is 6.34. The molecule has 1 aliphatic rings. The molecule has 0 saturated heterocycles. The minimum atomic E-state index is -0.464. The van der Waals surface area contributed by atoms with Crippen LogP contribution in [0.15, 0.2) is 42.5 Å². The van der Waals surface area contributed by atoms with E-state index in [-0.39, 0.29) is 5.91 Å². The van der Waals surface area contributed by atoms with Crippen LogP contribution in [0.2, 0.25) is 5.02 Å². The average molecular weight is 383 g/mol. The van der Waals surface area contributed by atoms with Gasteiger partial charge in [0.25, 0.3) is 0 Å². The summed E-state index contributed by atoms with van der Waals surface area (Å²) in [5.41, 5.74) is 3.43. The highest BCUT2D eigenvalue weighted by Crippen LogP contribution is 2.31. The fourth-order valence-corrected chi connectivity index (χ4v) is 3.52. The summed E-state index contributed by atoms with van der Waals surface area (Å²) in [5.74, 6) is 1.01. The summed E-state index contributed by atoms with van der Waals surface area (Å²) in [5, 5.41) is 3.45. The van der Waals surface area contributed by atoms with Crippen molar-refractivity contribution in [2.24, 2.45) is 5.41 Å². The topological polar surface area (TPSA) is 50.2 Å². The van der Waals surface area contributed by atoms with Crippen LogP contribution in [0.3, 0.4) is 0 Å². The van der Waals surface area contributed by atoms with Crippen molar-refractivity contribution in [2.45, 2.75) is 33.9 Å². The lowest BCUT2D eigenvalue weighted by Crippen LogP contribution is -2.33. The molecule has 1 aliphatic heterocycles. The average Bonchev–Trinajstić information content (AvgIpc) is 3.00. The molecule has 27 heavy (non-hydrogen) atoms. The molecule has 0 saturated carbocycles. The minimum Gasteiger partial charge on any atom is -0.362 e. The fourth-order valence-electron chi connectivity index (χ4n) is 3.30. The zero-order chi connectivity index (χ0) is 19.2. The lowest BCUT2D eigenvalue weighted by molar-refractivity contribution is -0.123. The second-order valence-corrected chi connectivity index (χ2v) is 8.37. The maximum Gasteiger partial charge on any atom is 0.229 e. The Morgan fingerprint density at radius 2 is 1.93 bits per heavy atom. The summed E-state index contributed by atoms with van der Waals surface area (Å²) >= 11 is 6.45. The summed E-state index contributed by atoms with van der Waals surface area (Å²) in [6.45, 7) is 8.14. The van der Waals surface area contributed by atoms with Crippen LogP contribution in [0.5, 0.6) is 0 Å². The van der Waals surface area contributed by atoms with Gasteiger partial charge in [0.1, 0.15) is 5.82 Å². The molecule has 1 amide bonds. The number of rotatable bonds is 2. The van der Waals surface area contributed by atoms with Crippen LogP contribution < -0.4 is 10.2 Å². The van der Waals surface area contributed by atoms with Crippen molar-refractivity contribution in [1.82, 2.24) is 9.55 Å². The first-order chi connectivity index (χ1) is 12.8. The number of hydrogen-bond donors (Lipinski definition) is 1. The predicted octanol–water partition coefficient (Wildman–Crippen LogP) is 4.69. The van der Waals surface area contributed by atoms with Gasteiger partial charge in [-0.15, -0.1) is 0 Å². The highest BCUT2D eigenvalue weighted by atomic mass is 35.5. The molecule has 0 spiro atoms. The monoisotopic (exact) mass is 382 g/mol. The van der Waals surface area contributed by atoms with Gasteiger partial charge in [0, 0.05) is 24.2 Å². The first kappa shape index (κ1) is 17.9. The second-order valence-electron chi connectivity index (χ2n) is 7.96. The Morgan fingerprint density at radius 1 is 1.15 bits per heavy atom. The first-order valence-corrected chi connectivity index (χ1v) is 9.51. The lowest BCUT2D eigenvalue weighted by atomic mass is 9.95. The number of hydrogen-bond acceptors (Lipinski definition) is 3. The van der Waals surface area contributed by atoms with Gasteiger partial charge in [0.15, 0.2) is 0 Å². The molecular weight excluding hydrogens is 360 g/mol. The molecular formula is C21H23ClN4O. The molecule has 0 radical (unpaired) electrons. The molecule has 1 N–H and O–H groups in total. The number of carbonyl (C=O) groups is 1. The van der Waals surface area contributed by atoms with Crippen molar-refractivity contribution in [3.63, 3.8) is 0 Å². The van der Waals surface area contributed by atoms with Gasteiger partial charge >= 0.3 is 0 Å². The van der Waals surface area contributed by atoms with Gasteiger partial charge in [-0.3, -0.25) is 4.79 Å². The number of para-hydroxylation sites is 2. The normalized spacial score (nSPS) is 14.3. The number of amides is 1. The predicted molar refractivity (Wildman–Crippen MR) is 110 cm³/mol. The Labute approximate surface area is 163 Å². The SMILES string of the molecule is CC(C)(C)C(=O)Nc1ccc(N2CCn3c(nc4ccccc43)C2)cc1Cl. The maximum absolute atomic E-state index is 12.2.